The summed E-state index contributed by atoms with van der Waals surface area (Å²) >= 11 is 0. The molecule has 49 heavy (non-hydrogen) atoms. The predicted octanol–water partition coefficient (Wildman–Crippen LogP) is 4.96. The average Bonchev–Trinajstić information content (AvgIpc) is 3.55. The molecule has 2 atom stereocenters. The van der Waals surface area contributed by atoms with Crippen LogP contribution in [0.5, 0.6) is 0 Å². The van der Waals surface area contributed by atoms with Crippen molar-refractivity contribution >= 4 is 23.6 Å². The Kier molecular flexibility index (Phi) is 8.93. The van der Waals surface area contributed by atoms with Gasteiger partial charge in [-0.25, -0.2) is 18.0 Å². The molecule has 6 rings (SSSR count). The van der Waals surface area contributed by atoms with Crippen molar-refractivity contribution in [1.29, 1.82) is 0 Å². The van der Waals surface area contributed by atoms with Crippen molar-refractivity contribution in [2.45, 2.75) is 84.2 Å². The van der Waals surface area contributed by atoms with E-state index in [9.17, 15) is 27.6 Å². The van der Waals surface area contributed by atoms with Gasteiger partial charge in [-0.1, -0.05) is 26.0 Å². The van der Waals surface area contributed by atoms with Crippen LogP contribution >= 0.6 is 0 Å². The Morgan fingerprint density at radius 3 is 2.35 bits per heavy atom. The molecule has 0 radical (unpaired) electrons. The average molecular weight is 679 g/mol. The largest absolute Gasteiger partial charge is 0.444 e. The minimum absolute atomic E-state index is 0.00430. The molecule has 13 heteroatoms. The van der Waals surface area contributed by atoms with Crippen LogP contribution in [-0.4, -0.2) is 86.7 Å². The number of hydrogen-bond donors (Lipinski definition) is 0. The third-order valence-electron chi connectivity index (χ3n) is 9.29. The zero-order valence-electron chi connectivity index (χ0n) is 28.6. The molecule has 0 unspecified atom stereocenters. The van der Waals surface area contributed by atoms with Crippen molar-refractivity contribution in [3.8, 4) is 0 Å². The molecule has 3 amide bonds. The van der Waals surface area contributed by atoms with E-state index in [1.165, 1.54) is 29.2 Å². The summed E-state index contributed by atoms with van der Waals surface area (Å²) < 4.78 is 47.6. The van der Waals surface area contributed by atoms with Gasteiger partial charge in [0.1, 0.15) is 29.1 Å². The van der Waals surface area contributed by atoms with Gasteiger partial charge in [-0.05, 0) is 68.7 Å². The Labute approximate surface area is 283 Å². The highest BCUT2D eigenvalue weighted by Gasteiger charge is 2.45. The number of benzene rings is 2. The molecule has 10 nitrogen and oxygen atoms in total. The summed E-state index contributed by atoms with van der Waals surface area (Å²) in [6.07, 6.45) is -0.494. The number of halogens is 3. The highest BCUT2D eigenvalue weighted by molar-refractivity contribution is 5.97. The molecule has 2 aromatic carbocycles. The van der Waals surface area contributed by atoms with Gasteiger partial charge < -0.3 is 19.4 Å². The van der Waals surface area contributed by atoms with Gasteiger partial charge in [0.2, 0.25) is 11.8 Å². The molecular weight excluding hydrogens is 637 g/mol. The minimum Gasteiger partial charge on any atom is -0.444 e. The lowest BCUT2D eigenvalue weighted by atomic mass is 9.91. The number of amides is 3. The second-order valence-corrected chi connectivity index (χ2v) is 14.9. The summed E-state index contributed by atoms with van der Waals surface area (Å²) in [6.45, 7) is 12.0. The van der Waals surface area contributed by atoms with Crippen molar-refractivity contribution in [3.05, 3.63) is 88.0 Å². The van der Waals surface area contributed by atoms with Gasteiger partial charge in [0.05, 0.1) is 23.6 Å². The van der Waals surface area contributed by atoms with E-state index in [0.717, 1.165) is 17.2 Å². The Hall–Kier alpha value is -4.52. The molecular formula is C36H41F3N6O4. The summed E-state index contributed by atoms with van der Waals surface area (Å²) in [6, 6.07) is 8.29. The zero-order valence-corrected chi connectivity index (χ0v) is 28.6. The van der Waals surface area contributed by atoms with Crippen LogP contribution in [0.4, 0.5) is 23.7 Å². The summed E-state index contributed by atoms with van der Waals surface area (Å²) in [5, 5.41) is 8.72. The van der Waals surface area contributed by atoms with Crippen LogP contribution in [0, 0.1) is 17.5 Å². The maximum absolute atomic E-state index is 14.5. The van der Waals surface area contributed by atoms with Gasteiger partial charge in [0, 0.05) is 56.7 Å². The van der Waals surface area contributed by atoms with E-state index < -0.39 is 34.8 Å². The summed E-state index contributed by atoms with van der Waals surface area (Å²) in [7, 11) is 0. The standard InChI is InChI=1S/C36H41F3N6O4/c1-21-15-42(30(18-44(21)34(48)49-35(2,3)4)33(47)43-16-23-8-10-25(37)11-24(23)17-43)19-31(46)45-20-36(5,6)32-29(45)14-27(40-41-32)12-22-7-9-26(38)13-28(22)39/h7-11,13-14,21,30H,12,15-20H2,1-6H3/t21-,30+/m1/s1. The summed E-state index contributed by atoms with van der Waals surface area (Å²) in [5.41, 5.74) is 2.10. The Bertz CT molecular complexity index is 1810. The maximum Gasteiger partial charge on any atom is 0.410 e. The minimum atomic E-state index is -0.866. The van der Waals surface area contributed by atoms with E-state index in [-0.39, 0.29) is 61.8 Å². The fraction of sp³-hybridized carbons (Fsp3) is 0.472. The van der Waals surface area contributed by atoms with Crippen LogP contribution in [-0.2, 0) is 39.3 Å². The molecule has 1 fully saturated rings. The molecule has 3 aliphatic heterocycles. The lowest BCUT2D eigenvalue weighted by Crippen LogP contribution is -2.64. The molecule has 260 valence electrons. The van der Waals surface area contributed by atoms with Gasteiger partial charge in [-0.2, -0.15) is 10.2 Å². The number of carbonyl (C=O) groups excluding carboxylic acids is 3. The van der Waals surface area contributed by atoms with Crippen LogP contribution < -0.4 is 4.90 Å². The van der Waals surface area contributed by atoms with E-state index >= 15 is 0 Å². The van der Waals surface area contributed by atoms with Crippen LogP contribution in [0.1, 0.15) is 69.6 Å². The van der Waals surface area contributed by atoms with Gasteiger partial charge in [0.15, 0.2) is 0 Å². The monoisotopic (exact) mass is 678 g/mol. The lowest BCUT2D eigenvalue weighted by Gasteiger charge is -2.45. The van der Waals surface area contributed by atoms with Crippen LogP contribution in [0.25, 0.3) is 0 Å². The topological polar surface area (TPSA) is 99.2 Å². The number of aromatic nitrogens is 2. The van der Waals surface area contributed by atoms with E-state index in [2.05, 4.69) is 10.2 Å². The molecule has 0 spiro atoms. The first kappa shape index (κ1) is 34.3. The van der Waals surface area contributed by atoms with E-state index in [1.54, 1.807) is 47.6 Å². The van der Waals surface area contributed by atoms with E-state index in [1.807, 2.05) is 20.8 Å². The lowest BCUT2D eigenvalue weighted by molar-refractivity contribution is -0.142. The maximum atomic E-state index is 14.5. The first-order chi connectivity index (χ1) is 23.0. The second-order valence-electron chi connectivity index (χ2n) is 14.9. The van der Waals surface area contributed by atoms with Crippen LogP contribution in [0.2, 0.25) is 0 Å². The van der Waals surface area contributed by atoms with Crippen molar-refractivity contribution in [2.24, 2.45) is 0 Å². The zero-order chi connectivity index (χ0) is 35.4. The smallest absolute Gasteiger partial charge is 0.410 e. The van der Waals surface area contributed by atoms with Crippen LogP contribution in [0.3, 0.4) is 0 Å². The summed E-state index contributed by atoms with van der Waals surface area (Å²) in [4.78, 5) is 48.3. The fourth-order valence-corrected chi connectivity index (χ4v) is 6.85. The molecule has 0 N–H and O–H groups in total. The van der Waals surface area contributed by atoms with Gasteiger partial charge in [0.25, 0.3) is 0 Å². The number of piperazine rings is 1. The number of fused-ring (bicyclic) bond motifs is 2. The molecule has 0 aliphatic carbocycles. The number of rotatable bonds is 5. The number of ether oxygens (including phenoxy) is 1. The second kappa shape index (κ2) is 12.7. The molecule has 1 aromatic heterocycles. The number of carbonyl (C=O) groups is 3. The van der Waals surface area contributed by atoms with Crippen molar-refractivity contribution in [3.63, 3.8) is 0 Å². The SMILES string of the molecule is C[C@@H]1CN(CC(=O)N2CC(C)(C)c3nnc(Cc4ccc(F)cc4F)cc32)[C@H](C(=O)N2Cc3ccc(F)cc3C2)CN1C(=O)OC(C)(C)C. The quantitative estimate of drug-likeness (QED) is 0.376. The number of nitrogens with zero attached hydrogens (tertiary/aromatic N) is 6. The third kappa shape index (κ3) is 7.12. The van der Waals surface area contributed by atoms with E-state index in [4.69, 9.17) is 4.74 Å². The van der Waals surface area contributed by atoms with Gasteiger partial charge >= 0.3 is 6.09 Å². The Balaban J connectivity index is 1.26. The number of hydrogen-bond acceptors (Lipinski definition) is 7. The first-order valence-corrected chi connectivity index (χ1v) is 16.4. The summed E-state index contributed by atoms with van der Waals surface area (Å²) in [5.74, 6) is -2.31. The molecule has 3 aliphatic rings. The molecule has 4 heterocycles. The van der Waals surface area contributed by atoms with Gasteiger partial charge in [-0.3, -0.25) is 14.5 Å². The van der Waals surface area contributed by atoms with Crippen LogP contribution in [0.15, 0.2) is 42.5 Å². The van der Waals surface area contributed by atoms with Crippen molar-refractivity contribution in [2.75, 3.05) is 31.1 Å². The Morgan fingerprint density at radius 1 is 0.939 bits per heavy atom. The number of anilines is 1. The Morgan fingerprint density at radius 2 is 1.63 bits per heavy atom. The normalized spacial score (nSPS) is 20.3. The highest BCUT2D eigenvalue weighted by Crippen LogP contribution is 2.39. The van der Waals surface area contributed by atoms with Crippen molar-refractivity contribution in [1.82, 2.24) is 24.9 Å². The molecule has 1 saturated heterocycles. The van der Waals surface area contributed by atoms with Crippen molar-refractivity contribution < 1.29 is 32.3 Å². The molecule has 3 aromatic rings. The fourth-order valence-electron chi connectivity index (χ4n) is 6.85. The first-order valence-electron chi connectivity index (χ1n) is 16.4. The third-order valence-corrected chi connectivity index (χ3v) is 9.29. The molecule has 0 saturated carbocycles. The van der Waals surface area contributed by atoms with E-state index in [0.29, 0.717) is 30.2 Å². The highest BCUT2D eigenvalue weighted by atomic mass is 19.1. The predicted molar refractivity (Wildman–Crippen MR) is 175 cm³/mol. The van der Waals surface area contributed by atoms with Gasteiger partial charge in [-0.15, -0.1) is 0 Å². The molecule has 0 bridgehead atoms.